The van der Waals surface area contributed by atoms with Gasteiger partial charge in [-0.05, 0) is 49.2 Å². The summed E-state index contributed by atoms with van der Waals surface area (Å²) in [4.78, 5) is 18.3. The van der Waals surface area contributed by atoms with Gasteiger partial charge in [-0.25, -0.2) is 0 Å². The van der Waals surface area contributed by atoms with E-state index in [4.69, 9.17) is 9.26 Å². The Morgan fingerprint density at radius 1 is 1.00 bits per heavy atom. The minimum absolute atomic E-state index is 0.0772. The molecular weight excluding hydrogens is 342 g/mol. The number of aromatic nitrogens is 2. The van der Waals surface area contributed by atoms with Gasteiger partial charge in [0.2, 0.25) is 11.7 Å². The molecule has 0 radical (unpaired) electrons. The molecule has 0 bridgehead atoms. The van der Waals surface area contributed by atoms with Crippen molar-refractivity contribution < 1.29 is 14.1 Å². The van der Waals surface area contributed by atoms with Crippen molar-refractivity contribution in [1.82, 2.24) is 15.0 Å². The molecule has 0 atom stereocenters. The molecule has 1 amide bonds. The van der Waals surface area contributed by atoms with Gasteiger partial charge in [0, 0.05) is 17.0 Å². The molecule has 0 unspecified atom stereocenters. The fourth-order valence-electron chi connectivity index (χ4n) is 3.19. The molecule has 2 heterocycles. The van der Waals surface area contributed by atoms with Crippen LogP contribution < -0.4 is 4.74 Å². The lowest BCUT2D eigenvalue weighted by Crippen LogP contribution is -2.56. The van der Waals surface area contributed by atoms with E-state index in [1.807, 2.05) is 59.5 Å². The molecular formula is C21H19N3O3. The fraction of sp³-hybridized carbons (Fsp3) is 0.286. The number of hydrogen-bond acceptors (Lipinski definition) is 5. The van der Waals surface area contributed by atoms with Gasteiger partial charge in [0.1, 0.15) is 11.9 Å². The van der Waals surface area contributed by atoms with E-state index >= 15 is 0 Å². The normalized spacial score (nSPS) is 16.8. The van der Waals surface area contributed by atoms with E-state index in [1.54, 1.807) is 0 Å². The first kappa shape index (κ1) is 16.1. The van der Waals surface area contributed by atoms with Crippen LogP contribution in [0.25, 0.3) is 22.8 Å². The van der Waals surface area contributed by atoms with Gasteiger partial charge in [0.25, 0.3) is 5.89 Å². The molecule has 136 valence electrons. The number of hydrogen-bond donors (Lipinski definition) is 0. The molecule has 6 nitrogen and oxygen atoms in total. The number of rotatable bonds is 5. The molecule has 1 aromatic heterocycles. The number of nitrogens with zero attached hydrogens (tertiary/aromatic N) is 3. The smallest absolute Gasteiger partial charge is 0.258 e. The zero-order valence-corrected chi connectivity index (χ0v) is 14.7. The van der Waals surface area contributed by atoms with Crippen LogP contribution in [-0.2, 0) is 4.79 Å². The molecule has 2 aromatic carbocycles. The monoisotopic (exact) mass is 361 g/mol. The summed E-state index contributed by atoms with van der Waals surface area (Å²) < 4.78 is 11.3. The van der Waals surface area contributed by atoms with Crippen molar-refractivity contribution in [1.29, 1.82) is 0 Å². The summed E-state index contributed by atoms with van der Waals surface area (Å²) in [5.41, 5.74) is 1.76. The zero-order valence-electron chi connectivity index (χ0n) is 14.7. The van der Waals surface area contributed by atoms with E-state index in [9.17, 15) is 4.79 Å². The maximum absolute atomic E-state index is 11.9. The molecule has 2 aliphatic rings. The number of likely N-dealkylation sites (tertiary alicyclic amines) is 1. The highest BCUT2D eigenvalue weighted by atomic mass is 16.5. The average molecular weight is 361 g/mol. The van der Waals surface area contributed by atoms with Crippen molar-refractivity contribution in [2.75, 3.05) is 13.1 Å². The lowest BCUT2D eigenvalue weighted by molar-refractivity contribution is -0.141. The van der Waals surface area contributed by atoms with Crippen LogP contribution in [0.4, 0.5) is 0 Å². The van der Waals surface area contributed by atoms with E-state index < -0.39 is 0 Å². The summed E-state index contributed by atoms with van der Waals surface area (Å²) in [6.45, 7) is 1.37. The first-order valence-electron chi connectivity index (χ1n) is 9.21. The number of amides is 1. The highest BCUT2D eigenvalue weighted by molar-refractivity contribution is 5.81. The largest absolute Gasteiger partial charge is 0.487 e. The van der Waals surface area contributed by atoms with Crippen molar-refractivity contribution in [3.8, 4) is 28.6 Å². The van der Waals surface area contributed by atoms with Crippen LogP contribution in [-0.4, -0.2) is 40.1 Å². The Balaban J connectivity index is 1.21. The zero-order chi connectivity index (χ0) is 18.2. The second-order valence-electron chi connectivity index (χ2n) is 7.07. The molecule has 5 rings (SSSR count). The Kier molecular flexibility index (Phi) is 3.89. The van der Waals surface area contributed by atoms with Crippen molar-refractivity contribution >= 4 is 5.91 Å². The Morgan fingerprint density at radius 2 is 1.74 bits per heavy atom. The van der Waals surface area contributed by atoms with Crippen LogP contribution in [0.2, 0.25) is 0 Å². The molecule has 1 aliphatic carbocycles. The van der Waals surface area contributed by atoms with Gasteiger partial charge in [-0.15, -0.1) is 0 Å². The molecule has 1 saturated carbocycles. The Morgan fingerprint density at radius 3 is 2.44 bits per heavy atom. The molecule has 1 aliphatic heterocycles. The summed E-state index contributed by atoms with van der Waals surface area (Å²) in [7, 11) is 0. The Bertz CT molecular complexity index is 942. The van der Waals surface area contributed by atoms with Crippen LogP contribution in [0.5, 0.6) is 5.75 Å². The first-order valence-corrected chi connectivity index (χ1v) is 9.21. The average Bonchev–Trinajstić information content (AvgIpc) is 3.42. The van der Waals surface area contributed by atoms with Crippen LogP contribution in [0.15, 0.2) is 59.1 Å². The van der Waals surface area contributed by atoms with E-state index in [1.165, 1.54) is 0 Å². The van der Waals surface area contributed by atoms with E-state index in [0.717, 1.165) is 29.7 Å². The number of carbonyl (C=O) groups is 1. The lowest BCUT2D eigenvalue weighted by atomic mass is 10.1. The van der Waals surface area contributed by atoms with Gasteiger partial charge in [-0.1, -0.05) is 23.4 Å². The second kappa shape index (κ2) is 6.54. The summed E-state index contributed by atoms with van der Waals surface area (Å²) in [5, 5.41) is 4.06. The van der Waals surface area contributed by atoms with Gasteiger partial charge in [0.15, 0.2) is 0 Å². The van der Waals surface area contributed by atoms with Gasteiger partial charge < -0.3 is 14.2 Å². The molecule has 3 aromatic rings. The SMILES string of the molecule is O=C(C1CC1)N1CC(Oc2ccc(-c3noc(-c4ccccc4)n3)cc2)C1. The number of benzene rings is 2. The van der Waals surface area contributed by atoms with E-state index in [0.29, 0.717) is 24.8 Å². The molecule has 2 fully saturated rings. The van der Waals surface area contributed by atoms with Crippen LogP contribution >= 0.6 is 0 Å². The third-order valence-corrected chi connectivity index (χ3v) is 4.95. The van der Waals surface area contributed by atoms with Gasteiger partial charge >= 0.3 is 0 Å². The topological polar surface area (TPSA) is 68.5 Å². The van der Waals surface area contributed by atoms with Crippen molar-refractivity contribution in [2.45, 2.75) is 18.9 Å². The predicted octanol–water partition coefficient (Wildman–Crippen LogP) is 3.40. The molecule has 6 heteroatoms. The second-order valence-corrected chi connectivity index (χ2v) is 7.07. The van der Waals surface area contributed by atoms with Crippen LogP contribution in [0.1, 0.15) is 12.8 Å². The summed E-state index contributed by atoms with van der Waals surface area (Å²) in [5.74, 6) is 2.40. The number of carbonyl (C=O) groups excluding carboxylic acids is 1. The van der Waals surface area contributed by atoms with E-state index in [2.05, 4.69) is 10.1 Å². The Hall–Kier alpha value is -3.15. The van der Waals surface area contributed by atoms with Gasteiger partial charge in [-0.3, -0.25) is 4.79 Å². The molecule has 27 heavy (non-hydrogen) atoms. The number of ether oxygens (including phenoxy) is 1. The Labute approximate surface area is 156 Å². The quantitative estimate of drug-likeness (QED) is 0.697. The molecule has 0 N–H and O–H groups in total. The highest BCUT2D eigenvalue weighted by Gasteiger charge is 2.40. The fourth-order valence-corrected chi connectivity index (χ4v) is 3.19. The standard InChI is InChI=1S/C21H19N3O3/c25-21(16-6-7-16)24-12-18(13-24)26-17-10-8-14(9-11-17)19-22-20(27-23-19)15-4-2-1-3-5-15/h1-5,8-11,16,18H,6-7,12-13H2. The minimum atomic E-state index is 0.0772. The lowest BCUT2D eigenvalue weighted by Gasteiger charge is -2.39. The third kappa shape index (κ3) is 3.30. The molecule has 0 spiro atoms. The highest BCUT2D eigenvalue weighted by Crippen LogP contribution is 2.33. The first-order chi connectivity index (χ1) is 13.3. The van der Waals surface area contributed by atoms with Crippen LogP contribution in [0, 0.1) is 5.92 Å². The molecule has 1 saturated heterocycles. The van der Waals surface area contributed by atoms with Crippen molar-refractivity contribution in [3.05, 3.63) is 54.6 Å². The maximum atomic E-state index is 11.9. The van der Waals surface area contributed by atoms with Crippen LogP contribution in [0.3, 0.4) is 0 Å². The summed E-state index contributed by atoms with van der Waals surface area (Å²) >= 11 is 0. The maximum Gasteiger partial charge on any atom is 0.258 e. The predicted molar refractivity (Wildman–Crippen MR) is 98.9 cm³/mol. The van der Waals surface area contributed by atoms with Crippen molar-refractivity contribution in [3.63, 3.8) is 0 Å². The van der Waals surface area contributed by atoms with E-state index in [-0.39, 0.29) is 17.9 Å². The third-order valence-electron chi connectivity index (χ3n) is 4.95. The summed E-state index contributed by atoms with van der Waals surface area (Å²) in [6.07, 6.45) is 2.17. The van der Waals surface area contributed by atoms with Gasteiger partial charge in [-0.2, -0.15) is 4.98 Å². The van der Waals surface area contributed by atoms with Crippen molar-refractivity contribution in [2.24, 2.45) is 5.92 Å². The minimum Gasteiger partial charge on any atom is -0.487 e. The summed E-state index contributed by atoms with van der Waals surface area (Å²) in [6, 6.07) is 17.3. The van der Waals surface area contributed by atoms with Gasteiger partial charge in [0.05, 0.1) is 13.1 Å².